The Morgan fingerprint density at radius 1 is 1.17 bits per heavy atom. The topological polar surface area (TPSA) is 90.0 Å². The number of carbonyl (C=O) groups is 2. The van der Waals surface area contributed by atoms with E-state index in [0.29, 0.717) is 36.8 Å². The molecule has 8 heteroatoms. The van der Waals surface area contributed by atoms with E-state index in [1.807, 2.05) is 12.1 Å². The molecular weight excluding hydrogens is 374 g/mol. The SMILES string of the molecule is COc1cc(C(C)=O)ccc1OCC(=O)NCc1ccc(N2CCOCC2)nc1. The molecule has 0 atom stereocenters. The highest BCUT2D eigenvalue weighted by molar-refractivity contribution is 5.94. The summed E-state index contributed by atoms with van der Waals surface area (Å²) in [4.78, 5) is 30.2. The van der Waals surface area contributed by atoms with E-state index in [4.69, 9.17) is 14.2 Å². The van der Waals surface area contributed by atoms with E-state index in [-0.39, 0.29) is 18.3 Å². The first-order valence-electron chi connectivity index (χ1n) is 9.43. The lowest BCUT2D eigenvalue weighted by Crippen LogP contribution is -2.36. The summed E-state index contributed by atoms with van der Waals surface area (Å²) in [7, 11) is 1.49. The third kappa shape index (κ3) is 5.68. The zero-order valence-electron chi connectivity index (χ0n) is 16.6. The van der Waals surface area contributed by atoms with Crippen molar-refractivity contribution in [2.24, 2.45) is 0 Å². The van der Waals surface area contributed by atoms with E-state index in [2.05, 4.69) is 15.2 Å². The van der Waals surface area contributed by atoms with Gasteiger partial charge in [-0.3, -0.25) is 9.59 Å². The van der Waals surface area contributed by atoms with Crippen molar-refractivity contribution in [1.29, 1.82) is 0 Å². The van der Waals surface area contributed by atoms with E-state index in [9.17, 15) is 9.59 Å². The highest BCUT2D eigenvalue weighted by atomic mass is 16.5. The van der Waals surface area contributed by atoms with Gasteiger partial charge in [0.2, 0.25) is 0 Å². The minimum Gasteiger partial charge on any atom is -0.493 e. The van der Waals surface area contributed by atoms with Crippen molar-refractivity contribution in [3.63, 3.8) is 0 Å². The Bertz CT molecular complexity index is 848. The van der Waals surface area contributed by atoms with Crippen LogP contribution in [0.4, 0.5) is 5.82 Å². The number of hydrogen-bond donors (Lipinski definition) is 1. The number of nitrogens with zero attached hydrogens (tertiary/aromatic N) is 2. The maximum atomic E-state index is 12.1. The fourth-order valence-electron chi connectivity index (χ4n) is 2.90. The minimum atomic E-state index is -0.264. The van der Waals surface area contributed by atoms with Gasteiger partial charge in [0.05, 0.1) is 20.3 Å². The van der Waals surface area contributed by atoms with Crippen LogP contribution in [0.2, 0.25) is 0 Å². The van der Waals surface area contributed by atoms with E-state index >= 15 is 0 Å². The first-order valence-corrected chi connectivity index (χ1v) is 9.43. The van der Waals surface area contributed by atoms with Gasteiger partial charge in [-0.1, -0.05) is 6.07 Å². The van der Waals surface area contributed by atoms with E-state index in [1.165, 1.54) is 14.0 Å². The molecule has 0 radical (unpaired) electrons. The molecule has 2 aromatic rings. The second kappa shape index (κ2) is 9.88. The first-order chi connectivity index (χ1) is 14.1. The van der Waals surface area contributed by atoms with E-state index < -0.39 is 0 Å². The summed E-state index contributed by atoms with van der Waals surface area (Å²) in [6, 6.07) is 8.75. The largest absolute Gasteiger partial charge is 0.493 e. The van der Waals surface area contributed by atoms with Gasteiger partial charge < -0.3 is 24.4 Å². The number of nitrogens with one attached hydrogen (secondary N) is 1. The number of aromatic nitrogens is 1. The summed E-state index contributed by atoms with van der Waals surface area (Å²) in [5, 5.41) is 2.80. The van der Waals surface area contributed by atoms with Crippen LogP contribution >= 0.6 is 0 Å². The van der Waals surface area contributed by atoms with Gasteiger partial charge in [-0.15, -0.1) is 0 Å². The molecule has 3 rings (SSSR count). The van der Waals surface area contributed by atoms with Crippen LogP contribution < -0.4 is 19.7 Å². The third-order valence-corrected chi connectivity index (χ3v) is 4.56. The van der Waals surface area contributed by atoms with Crippen LogP contribution in [0.1, 0.15) is 22.8 Å². The smallest absolute Gasteiger partial charge is 0.258 e. The number of ether oxygens (including phenoxy) is 3. The van der Waals surface area contributed by atoms with Crippen molar-refractivity contribution in [2.75, 3.05) is 44.9 Å². The Hall–Kier alpha value is -3.13. The zero-order chi connectivity index (χ0) is 20.6. The number of benzene rings is 1. The Balaban J connectivity index is 1.48. The average molecular weight is 399 g/mol. The lowest BCUT2D eigenvalue weighted by molar-refractivity contribution is -0.123. The molecule has 8 nitrogen and oxygen atoms in total. The number of morpholine rings is 1. The summed E-state index contributed by atoms with van der Waals surface area (Å²) in [5.41, 5.74) is 1.42. The van der Waals surface area contributed by atoms with Gasteiger partial charge in [-0.05, 0) is 36.8 Å². The van der Waals surface area contributed by atoms with Crippen molar-refractivity contribution < 1.29 is 23.8 Å². The normalized spacial score (nSPS) is 13.7. The third-order valence-electron chi connectivity index (χ3n) is 4.56. The lowest BCUT2D eigenvalue weighted by atomic mass is 10.1. The van der Waals surface area contributed by atoms with Crippen LogP contribution in [-0.2, 0) is 16.1 Å². The fourth-order valence-corrected chi connectivity index (χ4v) is 2.90. The van der Waals surface area contributed by atoms with Crippen LogP contribution in [0, 0.1) is 0 Å². The number of Topliss-reactive ketones (excluding diaryl/α,β-unsaturated/α-hetero) is 1. The minimum absolute atomic E-state index is 0.0687. The summed E-state index contributed by atoms with van der Waals surface area (Å²) in [5.74, 6) is 1.39. The van der Waals surface area contributed by atoms with Crippen LogP contribution in [0.25, 0.3) is 0 Å². The number of anilines is 1. The van der Waals surface area contributed by atoms with Gasteiger partial charge >= 0.3 is 0 Å². The van der Waals surface area contributed by atoms with Gasteiger partial charge in [-0.25, -0.2) is 4.98 Å². The number of carbonyl (C=O) groups excluding carboxylic acids is 2. The highest BCUT2D eigenvalue weighted by Crippen LogP contribution is 2.28. The Labute approximate surface area is 169 Å². The molecule has 1 aliphatic heterocycles. The summed E-state index contributed by atoms with van der Waals surface area (Å²) in [6.07, 6.45) is 1.76. The van der Waals surface area contributed by atoms with Crippen LogP contribution in [0.3, 0.4) is 0 Å². The summed E-state index contributed by atoms with van der Waals surface area (Å²) >= 11 is 0. The van der Waals surface area contributed by atoms with Crippen LogP contribution in [0.15, 0.2) is 36.5 Å². The maximum absolute atomic E-state index is 12.1. The van der Waals surface area contributed by atoms with Gasteiger partial charge in [-0.2, -0.15) is 0 Å². The molecule has 0 spiro atoms. The monoisotopic (exact) mass is 399 g/mol. The van der Waals surface area contributed by atoms with Crippen LogP contribution in [0.5, 0.6) is 11.5 Å². The second-order valence-electron chi connectivity index (χ2n) is 6.61. The number of ketones is 1. The van der Waals surface area contributed by atoms with E-state index in [0.717, 1.165) is 24.5 Å². The first kappa shape index (κ1) is 20.6. The summed E-state index contributed by atoms with van der Waals surface area (Å²) in [6.45, 7) is 4.76. The molecule has 0 bridgehead atoms. The van der Waals surface area contributed by atoms with Crippen LogP contribution in [-0.4, -0.2) is 56.7 Å². The number of rotatable bonds is 8. The van der Waals surface area contributed by atoms with Crippen molar-refractivity contribution in [3.8, 4) is 11.5 Å². The second-order valence-corrected chi connectivity index (χ2v) is 6.61. The molecule has 154 valence electrons. The van der Waals surface area contributed by atoms with Crippen molar-refractivity contribution in [1.82, 2.24) is 10.3 Å². The van der Waals surface area contributed by atoms with Crippen molar-refractivity contribution in [2.45, 2.75) is 13.5 Å². The standard InChI is InChI=1S/C21H25N3O5/c1-15(25)17-4-5-18(19(11-17)27-2)29-14-21(26)23-13-16-3-6-20(22-12-16)24-7-9-28-10-8-24/h3-6,11-12H,7-10,13-14H2,1-2H3,(H,23,26). The van der Waals surface area contributed by atoms with E-state index in [1.54, 1.807) is 24.4 Å². The zero-order valence-corrected chi connectivity index (χ0v) is 16.6. The molecule has 1 aromatic heterocycles. The summed E-state index contributed by atoms with van der Waals surface area (Å²) < 4.78 is 16.1. The van der Waals surface area contributed by atoms with Crippen molar-refractivity contribution >= 4 is 17.5 Å². The Morgan fingerprint density at radius 3 is 2.62 bits per heavy atom. The molecule has 0 aliphatic carbocycles. The number of amides is 1. The number of pyridine rings is 1. The Kier molecular flexibility index (Phi) is 7.02. The molecule has 0 unspecified atom stereocenters. The molecule has 1 amide bonds. The molecule has 1 fully saturated rings. The molecule has 2 heterocycles. The van der Waals surface area contributed by atoms with Gasteiger partial charge in [0.15, 0.2) is 23.9 Å². The molecule has 1 saturated heterocycles. The average Bonchev–Trinajstić information content (AvgIpc) is 2.77. The Morgan fingerprint density at radius 2 is 1.97 bits per heavy atom. The molecule has 1 N–H and O–H groups in total. The lowest BCUT2D eigenvalue weighted by Gasteiger charge is -2.27. The predicted octanol–water partition coefficient (Wildman–Crippen LogP) is 1.82. The highest BCUT2D eigenvalue weighted by Gasteiger charge is 2.13. The van der Waals surface area contributed by atoms with Crippen molar-refractivity contribution in [3.05, 3.63) is 47.7 Å². The van der Waals surface area contributed by atoms with Gasteiger partial charge in [0.1, 0.15) is 5.82 Å². The van der Waals surface area contributed by atoms with Gasteiger partial charge in [0.25, 0.3) is 5.91 Å². The molecule has 1 aromatic carbocycles. The molecular formula is C21H25N3O5. The predicted molar refractivity (Wildman–Crippen MR) is 108 cm³/mol. The molecule has 0 saturated carbocycles. The maximum Gasteiger partial charge on any atom is 0.258 e. The fraction of sp³-hybridized carbons (Fsp3) is 0.381. The number of methoxy groups -OCH3 is 1. The number of hydrogen-bond acceptors (Lipinski definition) is 7. The van der Waals surface area contributed by atoms with Gasteiger partial charge in [0, 0.05) is 31.4 Å². The molecule has 1 aliphatic rings. The molecule has 29 heavy (non-hydrogen) atoms. The quantitative estimate of drug-likeness (QED) is 0.677.